The zero-order chi connectivity index (χ0) is 11.7. The molecule has 0 unspecified atom stereocenters. The van der Waals surface area contributed by atoms with Crippen LogP contribution in [0.25, 0.3) is 0 Å². The second-order valence-corrected chi connectivity index (χ2v) is 4.66. The van der Waals surface area contributed by atoms with Gasteiger partial charge in [-0.1, -0.05) is 13.8 Å². The second-order valence-electron chi connectivity index (χ2n) is 4.66. The first kappa shape index (κ1) is 14.0. The number of H-pyrrole nitrogens is 1. The van der Waals surface area contributed by atoms with Gasteiger partial charge in [-0.3, -0.25) is 9.89 Å². The smallest absolute Gasteiger partial charge is 0.274 e. The van der Waals surface area contributed by atoms with E-state index in [-0.39, 0.29) is 24.4 Å². The summed E-state index contributed by atoms with van der Waals surface area (Å²) in [5.41, 5.74) is 7.26. The quantitative estimate of drug-likeness (QED) is 0.835. The SMILES string of the molecule is CC(C)c1cc(C(=O)N2CC[C@@H](N)C2)n[nH]1.Cl. The first-order valence-electron chi connectivity index (χ1n) is 5.68. The number of hydrogen-bond acceptors (Lipinski definition) is 3. The minimum atomic E-state index is -0.0175. The average Bonchev–Trinajstić information content (AvgIpc) is 2.84. The van der Waals surface area contributed by atoms with E-state index in [0.717, 1.165) is 18.7 Å². The van der Waals surface area contributed by atoms with Gasteiger partial charge in [0.15, 0.2) is 0 Å². The van der Waals surface area contributed by atoms with Crippen LogP contribution in [-0.2, 0) is 0 Å². The fourth-order valence-corrected chi connectivity index (χ4v) is 1.88. The van der Waals surface area contributed by atoms with Crippen LogP contribution in [0.3, 0.4) is 0 Å². The number of amides is 1. The number of carbonyl (C=O) groups is 1. The number of nitrogens with zero attached hydrogens (tertiary/aromatic N) is 2. The first-order valence-corrected chi connectivity index (χ1v) is 5.68. The zero-order valence-electron chi connectivity index (χ0n) is 10.1. The molecular weight excluding hydrogens is 240 g/mol. The van der Waals surface area contributed by atoms with Gasteiger partial charge in [0, 0.05) is 24.8 Å². The van der Waals surface area contributed by atoms with Crippen LogP contribution in [0.1, 0.15) is 42.4 Å². The van der Waals surface area contributed by atoms with Crippen molar-refractivity contribution in [2.75, 3.05) is 13.1 Å². The van der Waals surface area contributed by atoms with Crippen molar-refractivity contribution in [2.45, 2.75) is 32.2 Å². The molecule has 17 heavy (non-hydrogen) atoms. The summed E-state index contributed by atoms with van der Waals surface area (Å²) in [5.74, 6) is 0.339. The normalized spacial score (nSPS) is 19.5. The lowest BCUT2D eigenvalue weighted by Crippen LogP contribution is -2.32. The summed E-state index contributed by atoms with van der Waals surface area (Å²) in [7, 11) is 0. The Bertz CT molecular complexity index is 391. The molecule has 2 rings (SSSR count). The second kappa shape index (κ2) is 5.51. The lowest BCUT2D eigenvalue weighted by atomic mass is 10.1. The molecule has 5 nitrogen and oxygen atoms in total. The van der Waals surface area contributed by atoms with Gasteiger partial charge in [0.2, 0.25) is 0 Å². The first-order chi connectivity index (χ1) is 7.58. The highest BCUT2D eigenvalue weighted by Gasteiger charge is 2.26. The zero-order valence-corrected chi connectivity index (χ0v) is 11.0. The van der Waals surface area contributed by atoms with Gasteiger partial charge in [0.25, 0.3) is 5.91 Å². The molecule has 6 heteroatoms. The van der Waals surface area contributed by atoms with Gasteiger partial charge in [-0.05, 0) is 18.4 Å². The molecule has 1 aliphatic rings. The summed E-state index contributed by atoms with van der Waals surface area (Å²) in [6.07, 6.45) is 0.882. The maximum atomic E-state index is 12.0. The van der Waals surface area contributed by atoms with E-state index in [2.05, 4.69) is 24.0 Å². The van der Waals surface area contributed by atoms with Crippen LogP contribution in [0.4, 0.5) is 0 Å². The summed E-state index contributed by atoms with van der Waals surface area (Å²) in [6, 6.07) is 1.95. The lowest BCUT2D eigenvalue weighted by molar-refractivity contribution is 0.0785. The molecular formula is C11H19ClN4O. The third-order valence-electron chi connectivity index (χ3n) is 2.95. The van der Waals surface area contributed by atoms with Crippen molar-refractivity contribution in [3.8, 4) is 0 Å². The van der Waals surface area contributed by atoms with E-state index < -0.39 is 0 Å². The van der Waals surface area contributed by atoms with Crippen LogP contribution in [0.2, 0.25) is 0 Å². The molecule has 1 atom stereocenters. The van der Waals surface area contributed by atoms with Gasteiger partial charge in [-0.15, -0.1) is 12.4 Å². The standard InChI is InChI=1S/C11H18N4O.ClH/c1-7(2)9-5-10(14-13-9)11(16)15-4-3-8(12)6-15;/h5,7-8H,3-4,6,12H2,1-2H3,(H,13,14);1H/t8-;/m1./s1. The Balaban J connectivity index is 0.00000144. The molecule has 1 saturated heterocycles. The number of rotatable bonds is 2. The van der Waals surface area contributed by atoms with Crippen molar-refractivity contribution in [2.24, 2.45) is 5.73 Å². The molecule has 0 radical (unpaired) electrons. The number of likely N-dealkylation sites (tertiary alicyclic amines) is 1. The molecule has 1 aliphatic heterocycles. The fourth-order valence-electron chi connectivity index (χ4n) is 1.88. The Morgan fingerprint density at radius 3 is 2.82 bits per heavy atom. The topological polar surface area (TPSA) is 75.0 Å². The Labute approximate surface area is 107 Å². The summed E-state index contributed by atoms with van der Waals surface area (Å²) >= 11 is 0. The van der Waals surface area contributed by atoms with Crippen LogP contribution < -0.4 is 5.73 Å². The molecule has 0 saturated carbocycles. The Kier molecular flexibility index (Phi) is 4.54. The molecule has 0 aliphatic carbocycles. The summed E-state index contributed by atoms with van der Waals surface area (Å²) in [6.45, 7) is 5.51. The molecule has 2 heterocycles. The summed E-state index contributed by atoms with van der Waals surface area (Å²) in [4.78, 5) is 13.8. The monoisotopic (exact) mass is 258 g/mol. The minimum absolute atomic E-state index is 0. The van der Waals surface area contributed by atoms with E-state index in [1.165, 1.54) is 0 Å². The van der Waals surface area contributed by atoms with Crippen molar-refractivity contribution in [3.63, 3.8) is 0 Å². The lowest BCUT2D eigenvalue weighted by Gasteiger charge is -2.13. The number of nitrogens with one attached hydrogen (secondary N) is 1. The third-order valence-corrected chi connectivity index (χ3v) is 2.95. The fraction of sp³-hybridized carbons (Fsp3) is 0.636. The number of halogens is 1. The van der Waals surface area contributed by atoms with Crippen molar-refractivity contribution < 1.29 is 4.79 Å². The van der Waals surface area contributed by atoms with Gasteiger partial charge >= 0.3 is 0 Å². The van der Waals surface area contributed by atoms with Crippen LogP contribution in [-0.4, -0.2) is 40.1 Å². The Morgan fingerprint density at radius 1 is 1.65 bits per heavy atom. The molecule has 96 valence electrons. The molecule has 0 spiro atoms. The van der Waals surface area contributed by atoms with Crippen LogP contribution in [0.15, 0.2) is 6.07 Å². The predicted octanol–water partition coefficient (Wildman–Crippen LogP) is 1.13. The number of hydrogen-bond donors (Lipinski definition) is 2. The molecule has 0 aromatic carbocycles. The number of carbonyl (C=O) groups excluding carboxylic acids is 1. The van der Waals surface area contributed by atoms with Crippen LogP contribution in [0, 0.1) is 0 Å². The van der Waals surface area contributed by atoms with Gasteiger partial charge in [0.05, 0.1) is 0 Å². The summed E-state index contributed by atoms with van der Waals surface area (Å²) < 4.78 is 0. The Morgan fingerprint density at radius 2 is 2.35 bits per heavy atom. The molecule has 1 aromatic heterocycles. The highest BCUT2D eigenvalue weighted by atomic mass is 35.5. The maximum absolute atomic E-state index is 12.0. The van der Waals surface area contributed by atoms with Gasteiger partial charge < -0.3 is 10.6 Å². The van der Waals surface area contributed by atoms with E-state index in [1.54, 1.807) is 4.90 Å². The molecule has 1 amide bonds. The maximum Gasteiger partial charge on any atom is 0.274 e. The molecule has 1 aromatic rings. The van der Waals surface area contributed by atoms with Gasteiger partial charge in [-0.25, -0.2) is 0 Å². The van der Waals surface area contributed by atoms with E-state index in [9.17, 15) is 4.79 Å². The van der Waals surface area contributed by atoms with Crippen molar-refractivity contribution in [3.05, 3.63) is 17.5 Å². The largest absolute Gasteiger partial charge is 0.336 e. The van der Waals surface area contributed by atoms with Crippen molar-refractivity contribution in [1.29, 1.82) is 0 Å². The minimum Gasteiger partial charge on any atom is -0.336 e. The van der Waals surface area contributed by atoms with E-state index in [0.29, 0.717) is 18.2 Å². The number of aromatic nitrogens is 2. The Hall–Kier alpha value is -1.07. The average molecular weight is 259 g/mol. The van der Waals surface area contributed by atoms with E-state index in [4.69, 9.17) is 5.73 Å². The number of aromatic amines is 1. The molecule has 1 fully saturated rings. The highest BCUT2D eigenvalue weighted by molar-refractivity contribution is 5.92. The number of nitrogens with two attached hydrogens (primary N) is 1. The van der Waals surface area contributed by atoms with Crippen molar-refractivity contribution >= 4 is 18.3 Å². The van der Waals surface area contributed by atoms with Crippen LogP contribution >= 0.6 is 12.4 Å². The predicted molar refractivity (Wildman–Crippen MR) is 68.4 cm³/mol. The molecule has 3 N–H and O–H groups in total. The van der Waals surface area contributed by atoms with E-state index >= 15 is 0 Å². The van der Waals surface area contributed by atoms with Crippen molar-refractivity contribution in [1.82, 2.24) is 15.1 Å². The summed E-state index contributed by atoms with van der Waals surface area (Å²) in [5, 5.41) is 6.94. The third kappa shape index (κ3) is 2.98. The molecule has 0 bridgehead atoms. The van der Waals surface area contributed by atoms with E-state index in [1.807, 2.05) is 6.07 Å². The van der Waals surface area contributed by atoms with Crippen LogP contribution in [0.5, 0.6) is 0 Å². The van der Waals surface area contributed by atoms with Gasteiger partial charge in [0.1, 0.15) is 5.69 Å². The van der Waals surface area contributed by atoms with Gasteiger partial charge in [-0.2, -0.15) is 5.10 Å². The highest BCUT2D eigenvalue weighted by Crippen LogP contribution is 2.15.